The van der Waals surface area contributed by atoms with Gasteiger partial charge in [0.15, 0.2) is 0 Å². The van der Waals surface area contributed by atoms with E-state index in [0.717, 1.165) is 12.0 Å². The Hall–Kier alpha value is -2.03. The van der Waals surface area contributed by atoms with Crippen molar-refractivity contribution in [1.82, 2.24) is 15.0 Å². The quantitative estimate of drug-likeness (QED) is 0.769. The lowest BCUT2D eigenvalue weighted by Crippen LogP contribution is -2.21. The molecule has 0 unspecified atom stereocenters. The first kappa shape index (κ1) is 18.3. The average molecular weight is 357 g/mol. The molecule has 0 saturated heterocycles. The van der Waals surface area contributed by atoms with Crippen molar-refractivity contribution < 1.29 is 13.2 Å². The standard InChI is InChI=1S/C15H18F3N5S/c1-9(3-4-10-5-7-11(24-2)8-6-10)20-14-22-12(15(16,17)18)21-13(19)23-14/h5-9H,3-4H2,1-2H3,(H3,19,20,21,22,23)/t9-/m1/s1. The molecule has 0 aliphatic carbocycles. The number of nitrogens with zero attached hydrogens (tertiary/aromatic N) is 3. The number of aromatic nitrogens is 3. The molecule has 9 heteroatoms. The highest BCUT2D eigenvalue weighted by Crippen LogP contribution is 2.27. The fourth-order valence-electron chi connectivity index (χ4n) is 2.05. The van der Waals surface area contributed by atoms with Gasteiger partial charge in [-0.15, -0.1) is 11.8 Å². The van der Waals surface area contributed by atoms with Gasteiger partial charge in [-0.3, -0.25) is 0 Å². The number of thioether (sulfide) groups is 1. The SMILES string of the molecule is CSc1ccc(CC[C@@H](C)Nc2nc(N)nc(C(F)(F)F)n2)cc1. The van der Waals surface area contributed by atoms with Crippen molar-refractivity contribution in [3.63, 3.8) is 0 Å². The summed E-state index contributed by atoms with van der Waals surface area (Å²) in [6, 6.07) is 8.05. The van der Waals surface area contributed by atoms with Crippen molar-refractivity contribution in [2.24, 2.45) is 0 Å². The second kappa shape index (κ2) is 7.69. The summed E-state index contributed by atoms with van der Waals surface area (Å²) in [7, 11) is 0. The second-order valence-corrected chi connectivity index (χ2v) is 6.15. The summed E-state index contributed by atoms with van der Waals surface area (Å²) in [5.74, 6) is -1.92. The minimum atomic E-state index is -4.66. The molecule has 0 radical (unpaired) electrons. The Balaban J connectivity index is 1.96. The Morgan fingerprint density at radius 1 is 1.17 bits per heavy atom. The molecule has 2 aromatic rings. The van der Waals surface area contributed by atoms with Crippen LogP contribution in [0.15, 0.2) is 29.2 Å². The number of hydrogen-bond donors (Lipinski definition) is 2. The van der Waals surface area contributed by atoms with E-state index < -0.39 is 17.9 Å². The zero-order valence-corrected chi connectivity index (χ0v) is 14.1. The number of benzene rings is 1. The Morgan fingerprint density at radius 3 is 2.42 bits per heavy atom. The van der Waals surface area contributed by atoms with E-state index in [1.807, 2.05) is 37.4 Å². The van der Waals surface area contributed by atoms with Crippen LogP contribution in [0.1, 0.15) is 24.7 Å². The highest BCUT2D eigenvalue weighted by molar-refractivity contribution is 7.98. The molecule has 0 spiro atoms. The summed E-state index contributed by atoms with van der Waals surface area (Å²) in [6.45, 7) is 1.85. The van der Waals surface area contributed by atoms with Crippen LogP contribution < -0.4 is 11.1 Å². The van der Waals surface area contributed by atoms with Gasteiger partial charge in [-0.05, 0) is 43.7 Å². The summed E-state index contributed by atoms with van der Waals surface area (Å²) in [5, 5.41) is 2.84. The molecule has 0 bridgehead atoms. The largest absolute Gasteiger partial charge is 0.451 e. The third-order valence-corrected chi connectivity index (χ3v) is 4.05. The molecule has 1 aromatic carbocycles. The Morgan fingerprint density at radius 2 is 1.83 bits per heavy atom. The normalized spacial score (nSPS) is 12.9. The Labute approximate surface area is 142 Å². The lowest BCUT2D eigenvalue weighted by Gasteiger charge is -2.15. The van der Waals surface area contributed by atoms with Crippen LogP contribution in [0.25, 0.3) is 0 Å². The number of alkyl halides is 3. The summed E-state index contributed by atoms with van der Waals surface area (Å²) in [4.78, 5) is 11.4. The number of nitrogens with one attached hydrogen (secondary N) is 1. The van der Waals surface area contributed by atoms with Gasteiger partial charge in [0.05, 0.1) is 0 Å². The van der Waals surface area contributed by atoms with Crippen LogP contribution in [0.3, 0.4) is 0 Å². The molecule has 0 saturated carbocycles. The summed E-state index contributed by atoms with van der Waals surface area (Å²) in [6.07, 6.45) is -1.15. The van der Waals surface area contributed by atoms with Gasteiger partial charge >= 0.3 is 6.18 Å². The van der Waals surface area contributed by atoms with E-state index in [0.29, 0.717) is 6.42 Å². The maximum atomic E-state index is 12.7. The van der Waals surface area contributed by atoms with Crippen molar-refractivity contribution in [3.8, 4) is 0 Å². The number of halogens is 3. The molecule has 5 nitrogen and oxygen atoms in total. The van der Waals surface area contributed by atoms with Crippen molar-refractivity contribution in [2.75, 3.05) is 17.3 Å². The third kappa shape index (κ3) is 5.26. The molecule has 3 N–H and O–H groups in total. The molecule has 24 heavy (non-hydrogen) atoms. The maximum absolute atomic E-state index is 12.7. The molecule has 0 aliphatic rings. The van der Waals surface area contributed by atoms with Crippen LogP contribution >= 0.6 is 11.8 Å². The van der Waals surface area contributed by atoms with Crippen LogP contribution in [0.4, 0.5) is 25.1 Å². The van der Waals surface area contributed by atoms with E-state index in [-0.39, 0.29) is 12.0 Å². The van der Waals surface area contributed by atoms with Gasteiger partial charge in [0, 0.05) is 10.9 Å². The van der Waals surface area contributed by atoms with E-state index in [9.17, 15) is 13.2 Å². The zero-order chi connectivity index (χ0) is 17.7. The molecule has 1 aromatic heterocycles. The van der Waals surface area contributed by atoms with E-state index in [1.165, 1.54) is 4.90 Å². The van der Waals surface area contributed by atoms with Crippen LogP contribution in [0, 0.1) is 0 Å². The minimum Gasteiger partial charge on any atom is -0.368 e. The molecule has 2 rings (SSSR count). The summed E-state index contributed by atoms with van der Waals surface area (Å²) >= 11 is 1.67. The molecule has 1 heterocycles. The number of anilines is 2. The first-order valence-corrected chi connectivity index (χ1v) is 8.48. The van der Waals surface area contributed by atoms with Gasteiger partial charge < -0.3 is 11.1 Å². The highest BCUT2D eigenvalue weighted by atomic mass is 32.2. The number of hydrogen-bond acceptors (Lipinski definition) is 6. The third-order valence-electron chi connectivity index (χ3n) is 3.31. The molecular weight excluding hydrogens is 339 g/mol. The maximum Gasteiger partial charge on any atom is 0.451 e. The molecule has 0 fully saturated rings. The van der Waals surface area contributed by atoms with Crippen molar-refractivity contribution in [2.45, 2.75) is 36.9 Å². The van der Waals surface area contributed by atoms with Crippen LogP contribution in [-0.2, 0) is 12.6 Å². The van der Waals surface area contributed by atoms with Crippen LogP contribution in [0.5, 0.6) is 0 Å². The predicted molar refractivity (Wildman–Crippen MR) is 88.9 cm³/mol. The second-order valence-electron chi connectivity index (χ2n) is 5.27. The first-order valence-electron chi connectivity index (χ1n) is 7.26. The zero-order valence-electron chi connectivity index (χ0n) is 13.3. The van der Waals surface area contributed by atoms with Gasteiger partial charge in [-0.25, -0.2) is 0 Å². The van der Waals surface area contributed by atoms with Gasteiger partial charge in [0.25, 0.3) is 0 Å². The molecular formula is C15H18F3N5S. The molecule has 1 atom stereocenters. The van der Waals surface area contributed by atoms with Crippen LogP contribution in [-0.4, -0.2) is 27.2 Å². The lowest BCUT2D eigenvalue weighted by atomic mass is 10.1. The smallest absolute Gasteiger partial charge is 0.368 e. The minimum absolute atomic E-state index is 0.117. The van der Waals surface area contributed by atoms with Gasteiger partial charge in [-0.2, -0.15) is 28.1 Å². The van der Waals surface area contributed by atoms with Crippen LogP contribution in [0.2, 0.25) is 0 Å². The van der Waals surface area contributed by atoms with Gasteiger partial charge in [0.1, 0.15) is 0 Å². The van der Waals surface area contributed by atoms with E-state index in [1.54, 1.807) is 11.8 Å². The van der Waals surface area contributed by atoms with E-state index in [2.05, 4.69) is 20.3 Å². The van der Waals surface area contributed by atoms with Crippen molar-refractivity contribution in [3.05, 3.63) is 35.7 Å². The fourth-order valence-corrected chi connectivity index (χ4v) is 2.46. The number of aryl methyl sites for hydroxylation is 1. The molecule has 0 aliphatic heterocycles. The predicted octanol–water partition coefficient (Wildman–Crippen LogP) is 3.63. The first-order chi connectivity index (χ1) is 11.3. The average Bonchev–Trinajstić information content (AvgIpc) is 2.52. The van der Waals surface area contributed by atoms with Crippen molar-refractivity contribution >= 4 is 23.7 Å². The molecule has 130 valence electrons. The van der Waals surface area contributed by atoms with E-state index in [4.69, 9.17) is 5.73 Å². The van der Waals surface area contributed by atoms with Crippen molar-refractivity contribution in [1.29, 1.82) is 0 Å². The molecule has 0 amide bonds. The van der Waals surface area contributed by atoms with Gasteiger partial charge in [0.2, 0.25) is 17.7 Å². The Kier molecular flexibility index (Phi) is 5.87. The summed E-state index contributed by atoms with van der Waals surface area (Å²) in [5.41, 5.74) is 6.48. The topological polar surface area (TPSA) is 76.7 Å². The van der Waals surface area contributed by atoms with E-state index >= 15 is 0 Å². The summed E-state index contributed by atoms with van der Waals surface area (Å²) < 4.78 is 38.0. The lowest BCUT2D eigenvalue weighted by molar-refractivity contribution is -0.144. The number of nitrogen functional groups attached to an aromatic ring is 1. The highest BCUT2D eigenvalue weighted by Gasteiger charge is 2.35. The fraction of sp³-hybridized carbons (Fsp3) is 0.400. The monoisotopic (exact) mass is 357 g/mol. The Bertz CT molecular complexity index is 676. The number of nitrogens with two attached hydrogens (primary N) is 1. The van der Waals surface area contributed by atoms with Gasteiger partial charge in [-0.1, -0.05) is 12.1 Å². The number of rotatable bonds is 6.